The Bertz CT molecular complexity index is 197. The zero-order chi connectivity index (χ0) is 15.9. The van der Waals surface area contributed by atoms with Crippen LogP contribution in [0.3, 0.4) is 0 Å². The van der Waals surface area contributed by atoms with Crippen LogP contribution < -0.4 is 5.73 Å². The molecule has 0 fully saturated rings. The number of aliphatic hydroxyl groups excluding tert-OH is 2. The topological polar surface area (TPSA) is 66.5 Å². The second-order valence-corrected chi connectivity index (χ2v) is 6.79. The predicted octanol–water partition coefficient (Wildman–Crippen LogP) is 4.00. The summed E-state index contributed by atoms with van der Waals surface area (Å²) in [6.07, 6.45) is 14.0. The van der Waals surface area contributed by atoms with Gasteiger partial charge in [0.15, 0.2) is 0 Å². The molecule has 0 aliphatic carbocycles. The van der Waals surface area contributed by atoms with Gasteiger partial charge in [-0.1, -0.05) is 57.8 Å². The van der Waals surface area contributed by atoms with Crippen molar-refractivity contribution in [3.63, 3.8) is 0 Å². The monoisotopic (exact) mass is 301 g/mol. The molecule has 0 aromatic carbocycles. The van der Waals surface area contributed by atoms with Crippen molar-refractivity contribution in [2.45, 2.75) is 103 Å². The van der Waals surface area contributed by atoms with Crippen molar-refractivity contribution in [1.82, 2.24) is 0 Å². The summed E-state index contributed by atoms with van der Waals surface area (Å²) in [5.74, 6) is 0.473. The van der Waals surface area contributed by atoms with Gasteiger partial charge < -0.3 is 15.9 Å². The lowest BCUT2D eigenvalue weighted by molar-refractivity contribution is 0.115. The van der Waals surface area contributed by atoms with Gasteiger partial charge in [-0.05, 0) is 45.6 Å². The van der Waals surface area contributed by atoms with Gasteiger partial charge in [0.25, 0.3) is 0 Å². The highest BCUT2D eigenvalue weighted by atomic mass is 16.3. The summed E-state index contributed by atoms with van der Waals surface area (Å²) in [6.45, 7) is 4.53. The Morgan fingerprint density at radius 1 is 0.667 bits per heavy atom. The van der Waals surface area contributed by atoms with E-state index in [2.05, 4.69) is 0 Å². The molecule has 3 nitrogen and oxygen atoms in total. The fraction of sp³-hybridized carbons (Fsp3) is 1.00. The highest BCUT2D eigenvalue weighted by Gasteiger charge is 2.14. The van der Waals surface area contributed by atoms with Crippen LogP contribution in [0.2, 0.25) is 0 Å². The van der Waals surface area contributed by atoms with E-state index in [0.29, 0.717) is 5.92 Å². The molecular weight excluding hydrogens is 262 g/mol. The van der Waals surface area contributed by atoms with Crippen LogP contribution in [0, 0.1) is 5.92 Å². The van der Waals surface area contributed by atoms with Crippen LogP contribution in [0.4, 0.5) is 0 Å². The first-order chi connectivity index (χ1) is 10.1. The third-order valence-corrected chi connectivity index (χ3v) is 4.17. The number of hydrogen-bond acceptors (Lipinski definition) is 3. The van der Waals surface area contributed by atoms with E-state index >= 15 is 0 Å². The molecule has 128 valence electrons. The summed E-state index contributed by atoms with van der Waals surface area (Å²) < 4.78 is 0. The van der Waals surface area contributed by atoms with Gasteiger partial charge in [-0.25, -0.2) is 0 Å². The Morgan fingerprint density at radius 2 is 1.05 bits per heavy atom. The highest BCUT2D eigenvalue weighted by Crippen LogP contribution is 2.22. The van der Waals surface area contributed by atoms with Gasteiger partial charge >= 0.3 is 0 Å². The average molecular weight is 302 g/mol. The third-order valence-electron chi connectivity index (χ3n) is 4.17. The van der Waals surface area contributed by atoms with Crippen LogP contribution in [0.1, 0.15) is 90.9 Å². The quantitative estimate of drug-likeness (QED) is 0.400. The molecule has 0 amide bonds. The van der Waals surface area contributed by atoms with E-state index in [1.165, 1.54) is 57.8 Å². The summed E-state index contributed by atoms with van der Waals surface area (Å²) in [5.41, 5.74) is 5.48. The van der Waals surface area contributed by atoms with Gasteiger partial charge in [0, 0.05) is 0 Å². The summed E-state index contributed by atoms with van der Waals surface area (Å²) in [7, 11) is 0. The zero-order valence-corrected chi connectivity index (χ0v) is 14.4. The van der Waals surface area contributed by atoms with Crippen molar-refractivity contribution in [1.29, 1.82) is 0 Å². The number of aliphatic hydroxyl groups is 2. The van der Waals surface area contributed by atoms with Crippen LogP contribution in [0.25, 0.3) is 0 Å². The van der Waals surface area contributed by atoms with E-state index in [1.54, 1.807) is 0 Å². The van der Waals surface area contributed by atoms with E-state index in [4.69, 9.17) is 5.73 Å². The van der Waals surface area contributed by atoms with E-state index in [-0.39, 0.29) is 12.2 Å². The minimum atomic E-state index is -0.248. The molecule has 0 radical (unpaired) electrons. The lowest BCUT2D eigenvalue weighted by Crippen LogP contribution is -2.15. The molecule has 2 atom stereocenters. The Hall–Kier alpha value is -0.120. The Kier molecular flexibility index (Phi) is 14.7. The molecule has 0 saturated heterocycles. The molecule has 0 aliphatic rings. The number of unbranched alkanes of at least 4 members (excludes halogenated alkanes) is 8. The molecule has 4 N–H and O–H groups in total. The molecule has 3 heteroatoms. The second kappa shape index (κ2) is 14.8. The summed E-state index contributed by atoms with van der Waals surface area (Å²) >= 11 is 0. The summed E-state index contributed by atoms with van der Waals surface area (Å²) in [6, 6.07) is 0. The van der Waals surface area contributed by atoms with Crippen LogP contribution in [-0.2, 0) is 0 Å². The number of hydrogen-bond donors (Lipinski definition) is 3. The van der Waals surface area contributed by atoms with Gasteiger partial charge in [-0.15, -0.1) is 0 Å². The standard InChI is InChI=1S/C18H39NO2/c1-16(20)14-18(15-17(2)21)12-10-8-6-4-3-5-7-9-11-13-19/h16-18,20-21H,3-15,19H2,1-2H3. The lowest BCUT2D eigenvalue weighted by Gasteiger charge is -2.19. The van der Waals surface area contributed by atoms with E-state index in [1.807, 2.05) is 13.8 Å². The van der Waals surface area contributed by atoms with E-state index < -0.39 is 0 Å². The molecule has 21 heavy (non-hydrogen) atoms. The SMILES string of the molecule is CC(O)CC(CCCCCCCCCCCN)CC(C)O. The Balaban J connectivity index is 3.44. The minimum absolute atomic E-state index is 0.248. The van der Waals surface area contributed by atoms with Crippen molar-refractivity contribution in [3.05, 3.63) is 0 Å². The predicted molar refractivity (Wildman–Crippen MR) is 91.3 cm³/mol. The van der Waals surface area contributed by atoms with Gasteiger partial charge in [0.05, 0.1) is 12.2 Å². The van der Waals surface area contributed by atoms with E-state index in [9.17, 15) is 10.2 Å². The maximum atomic E-state index is 9.51. The van der Waals surface area contributed by atoms with Crippen molar-refractivity contribution in [3.8, 4) is 0 Å². The van der Waals surface area contributed by atoms with Crippen molar-refractivity contribution in [2.75, 3.05) is 6.54 Å². The van der Waals surface area contributed by atoms with Crippen molar-refractivity contribution in [2.24, 2.45) is 11.7 Å². The minimum Gasteiger partial charge on any atom is -0.393 e. The maximum absolute atomic E-state index is 9.51. The largest absolute Gasteiger partial charge is 0.393 e. The molecule has 0 rings (SSSR count). The molecule has 0 spiro atoms. The van der Waals surface area contributed by atoms with Crippen LogP contribution in [-0.4, -0.2) is 29.0 Å². The average Bonchev–Trinajstić information content (AvgIpc) is 2.39. The summed E-state index contributed by atoms with van der Waals surface area (Å²) in [4.78, 5) is 0. The molecule has 0 heterocycles. The Labute approximate surface area is 132 Å². The van der Waals surface area contributed by atoms with Gasteiger partial charge in [-0.3, -0.25) is 0 Å². The van der Waals surface area contributed by atoms with Crippen LogP contribution in [0.15, 0.2) is 0 Å². The highest BCUT2D eigenvalue weighted by molar-refractivity contribution is 4.66. The molecule has 2 unspecified atom stereocenters. The fourth-order valence-electron chi connectivity index (χ4n) is 3.11. The molecule has 0 aromatic heterocycles. The normalized spacial score (nSPS) is 15.9. The first-order valence-corrected chi connectivity index (χ1v) is 9.12. The molecule has 0 bridgehead atoms. The number of rotatable bonds is 15. The maximum Gasteiger partial charge on any atom is 0.0514 e. The molecule has 0 aromatic rings. The third kappa shape index (κ3) is 16.1. The molecule has 0 aliphatic heterocycles. The number of nitrogens with two attached hydrogens (primary N) is 1. The first kappa shape index (κ1) is 20.9. The fourth-order valence-corrected chi connectivity index (χ4v) is 3.11. The van der Waals surface area contributed by atoms with E-state index in [0.717, 1.165) is 25.8 Å². The van der Waals surface area contributed by atoms with Gasteiger partial charge in [0.2, 0.25) is 0 Å². The zero-order valence-electron chi connectivity index (χ0n) is 14.4. The molecular formula is C18H39NO2. The first-order valence-electron chi connectivity index (χ1n) is 9.12. The van der Waals surface area contributed by atoms with Crippen LogP contribution in [0.5, 0.6) is 0 Å². The van der Waals surface area contributed by atoms with Crippen LogP contribution >= 0.6 is 0 Å². The van der Waals surface area contributed by atoms with Gasteiger partial charge in [0.1, 0.15) is 0 Å². The summed E-state index contributed by atoms with van der Waals surface area (Å²) in [5, 5.41) is 19.0. The smallest absolute Gasteiger partial charge is 0.0514 e. The Morgan fingerprint density at radius 3 is 1.43 bits per heavy atom. The van der Waals surface area contributed by atoms with Crippen molar-refractivity contribution >= 4 is 0 Å². The lowest BCUT2D eigenvalue weighted by atomic mass is 9.90. The van der Waals surface area contributed by atoms with Crippen molar-refractivity contribution < 1.29 is 10.2 Å². The second-order valence-electron chi connectivity index (χ2n) is 6.79. The molecule has 0 saturated carbocycles. The van der Waals surface area contributed by atoms with Gasteiger partial charge in [-0.2, -0.15) is 0 Å².